The van der Waals surface area contributed by atoms with E-state index >= 15 is 0 Å². The first kappa shape index (κ1) is 15.5. The van der Waals surface area contributed by atoms with Crippen molar-refractivity contribution < 1.29 is 14.7 Å². The Hall–Kier alpha value is -1.88. The minimum absolute atomic E-state index is 0.323. The summed E-state index contributed by atoms with van der Waals surface area (Å²) in [5.41, 5.74) is 0.345. The maximum absolute atomic E-state index is 12.4. The number of carbonyl (C=O) groups excluding carboxylic acids is 1. The highest BCUT2D eigenvalue weighted by molar-refractivity contribution is 7.21. The van der Waals surface area contributed by atoms with Gasteiger partial charge >= 0.3 is 5.97 Å². The summed E-state index contributed by atoms with van der Waals surface area (Å²) in [6.45, 7) is 7.28. The third-order valence-electron chi connectivity index (χ3n) is 3.44. The molecule has 1 aromatic heterocycles. The van der Waals surface area contributed by atoms with Crippen LogP contribution in [0.15, 0.2) is 24.3 Å². The van der Waals surface area contributed by atoms with Crippen LogP contribution in [0.1, 0.15) is 36.0 Å². The molecule has 2 N–H and O–H groups in total. The third-order valence-corrected chi connectivity index (χ3v) is 4.71. The highest BCUT2D eigenvalue weighted by Gasteiger charge is 2.33. The average Bonchev–Trinajstić information content (AvgIpc) is 2.72. The van der Waals surface area contributed by atoms with Crippen molar-refractivity contribution in [2.45, 2.75) is 33.7 Å². The van der Waals surface area contributed by atoms with Crippen LogP contribution in [0.5, 0.6) is 0 Å². The molecule has 112 valence electrons. The van der Waals surface area contributed by atoms with Crippen molar-refractivity contribution in [1.82, 2.24) is 5.32 Å². The quantitative estimate of drug-likeness (QED) is 0.913. The summed E-state index contributed by atoms with van der Waals surface area (Å²) in [6.07, 6.45) is 0. The number of amides is 1. The van der Waals surface area contributed by atoms with Crippen LogP contribution in [0.4, 0.5) is 0 Å². The number of carbonyl (C=O) groups is 2. The number of hydrogen-bond acceptors (Lipinski definition) is 3. The summed E-state index contributed by atoms with van der Waals surface area (Å²) in [4.78, 5) is 24.4. The second kappa shape index (κ2) is 5.48. The van der Waals surface area contributed by atoms with Crippen LogP contribution >= 0.6 is 11.3 Å². The molecule has 21 heavy (non-hydrogen) atoms. The van der Waals surface area contributed by atoms with Crippen LogP contribution in [0.2, 0.25) is 0 Å². The molecule has 0 unspecified atom stereocenters. The monoisotopic (exact) mass is 305 g/mol. The number of aryl methyl sites for hydroxylation is 1. The van der Waals surface area contributed by atoms with Gasteiger partial charge in [-0.2, -0.15) is 0 Å². The SMILES string of the molecule is Cc1c(C(=O)N[C@H](C(=O)O)C(C)(C)C)sc2ccccc12. The molecule has 5 heteroatoms. The van der Waals surface area contributed by atoms with Gasteiger partial charge in [-0.15, -0.1) is 11.3 Å². The second-order valence-corrected chi connectivity index (χ2v) is 7.22. The number of carboxylic acids is 1. The Morgan fingerprint density at radius 3 is 2.38 bits per heavy atom. The van der Waals surface area contributed by atoms with Crippen LogP contribution in [0.25, 0.3) is 10.1 Å². The number of carboxylic acid groups (broad SMARTS) is 1. The highest BCUT2D eigenvalue weighted by Crippen LogP contribution is 2.31. The largest absolute Gasteiger partial charge is 0.480 e. The Balaban J connectivity index is 2.34. The van der Waals surface area contributed by atoms with E-state index < -0.39 is 17.4 Å². The van der Waals surface area contributed by atoms with E-state index in [4.69, 9.17) is 0 Å². The van der Waals surface area contributed by atoms with E-state index in [9.17, 15) is 14.7 Å². The number of rotatable bonds is 3. The van der Waals surface area contributed by atoms with Gasteiger partial charge in [0.1, 0.15) is 6.04 Å². The van der Waals surface area contributed by atoms with Crippen molar-refractivity contribution in [3.05, 3.63) is 34.7 Å². The van der Waals surface area contributed by atoms with Crippen LogP contribution in [0, 0.1) is 12.3 Å². The van der Waals surface area contributed by atoms with Crippen LogP contribution in [-0.2, 0) is 4.79 Å². The van der Waals surface area contributed by atoms with Gasteiger partial charge in [0.25, 0.3) is 5.91 Å². The summed E-state index contributed by atoms with van der Waals surface area (Å²) in [7, 11) is 0. The number of aliphatic carboxylic acids is 1. The van der Waals surface area contributed by atoms with E-state index in [1.807, 2.05) is 31.2 Å². The van der Waals surface area contributed by atoms with E-state index in [2.05, 4.69) is 5.32 Å². The molecular formula is C16H19NO3S. The van der Waals surface area contributed by atoms with Gasteiger partial charge in [0, 0.05) is 4.70 Å². The fourth-order valence-electron chi connectivity index (χ4n) is 2.24. The lowest BCUT2D eigenvalue weighted by Crippen LogP contribution is -2.49. The van der Waals surface area contributed by atoms with Crippen molar-refractivity contribution in [2.75, 3.05) is 0 Å². The van der Waals surface area contributed by atoms with E-state index in [-0.39, 0.29) is 5.91 Å². The lowest BCUT2D eigenvalue weighted by atomic mass is 9.86. The van der Waals surface area contributed by atoms with Gasteiger partial charge < -0.3 is 10.4 Å². The number of nitrogens with one attached hydrogen (secondary N) is 1. The smallest absolute Gasteiger partial charge is 0.326 e. The molecule has 0 bridgehead atoms. The second-order valence-electron chi connectivity index (χ2n) is 6.16. The van der Waals surface area contributed by atoms with E-state index in [1.54, 1.807) is 20.8 Å². The van der Waals surface area contributed by atoms with E-state index in [0.717, 1.165) is 15.6 Å². The van der Waals surface area contributed by atoms with Gasteiger partial charge in [0.2, 0.25) is 0 Å². The van der Waals surface area contributed by atoms with Gasteiger partial charge in [-0.25, -0.2) is 4.79 Å². The summed E-state index contributed by atoms with van der Waals surface area (Å²) in [5, 5.41) is 13.0. The minimum Gasteiger partial charge on any atom is -0.480 e. The van der Waals surface area contributed by atoms with Crippen LogP contribution in [-0.4, -0.2) is 23.0 Å². The van der Waals surface area contributed by atoms with Gasteiger partial charge in [-0.05, 0) is 29.4 Å². The predicted molar refractivity (Wildman–Crippen MR) is 84.9 cm³/mol. The van der Waals surface area contributed by atoms with Crippen LogP contribution in [0.3, 0.4) is 0 Å². The molecule has 0 fully saturated rings. The van der Waals surface area contributed by atoms with Crippen molar-refractivity contribution >= 4 is 33.3 Å². The molecule has 1 heterocycles. The molecule has 0 radical (unpaired) electrons. The molecule has 4 nitrogen and oxygen atoms in total. The third kappa shape index (κ3) is 3.08. The first-order valence-electron chi connectivity index (χ1n) is 6.73. The molecule has 0 aliphatic carbocycles. The van der Waals surface area contributed by atoms with Gasteiger partial charge in [-0.3, -0.25) is 4.79 Å². The normalized spacial score (nSPS) is 13.1. The summed E-state index contributed by atoms with van der Waals surface area (Å²) >= 11 is 1.39. The molecule has 2 rings (SSSR count). The first-order valence-corrected chi connectivity index (χ1v) is 7.55. The summed E-state index contributed by atoms with van der Waals surface area (Å²) < 4.78 is 1.03. The molecule has 0 aliphatic rings. The lowest BCUT2D eigenvalue weighted by Gasteiger charge is -2.27. The number of fused-ring (bicyclic) bond motifs is 1. The molecule has 0 saturated heterocycles. The summed E-state index contributed by atoms with van der Waals surface area (Å²) in [6, 6.07) is 6.86. The standard InChI is InChI=1S/C16H19NO3S/c1-9-10-7-5-6-8-11(10)21-12(9)14(18)17-13(15(19)20)16(2,3)4/h5-8,13H,1-4H3,(H,17,18)(H,19,20)/t13-/m1/s1. The first-order chi connectivity index (χ1) is 9.71. The van der Waals surface area contributed by atoms with Gasteiger partial charge in [-0.1, -0.05) is 39.0 Å². The topological polar surface area (TPSA) is 66.4 Å². The summed E-state index contributed by atoms with van der Waals surface area (Å²) in [5.74, 6) is -1.34. The molecule has 1 amide bonds. The van der Waals surface area contributed by atoms with Gasteiger partial charge in [0.15, 0.2) is 0 Å². The van der Waals surface area contributed by atoms with Gasteiger partial charge in [0.05, 0.1) is 4.88 Å². The minimum atomic E-state index is -1.02. The van der Waals surface area contributed by atoms with Crippen LogP contribution < -0.4 is 5.32 Å². The Morgan fingerprint density at radius 1 is 1.24 bits per heavy atom. The molecule has 1 atom stereocenters. The molecule has 2 aromatic rings. The fourth-order valence-corrected chi connectivity index (χ4v) is 3.35. The predicted octanol–water partition coefficient (Wildman–Crippen LogP) is 3.44. The molecule has 0 saturated carbocycles. The lowest BCUT2D eigenvalue weighted by molar-refractivity contribution is -0.142. The Labute approximate surface area is 127 Å². The fraction of sp³-hybridized carbons (Fsp3) is 0.375. The van der Waals surface area contributed by atoms with Crippen molar-refractivity contribution in [2.24, 2.45) is 5.41 Å². The van der Waals surface area contributed by atoms with E-state index in [1.165, 1.54) is 11.3 Å². The molecule has 1 aromatic carbocycles. The Kier molecular flexibility index (Phi) is 4.05. The maximum Gasteiger partial charge on any atom is 0.326 e. The Bertz CT molecular complexity index is 697. The Morgan fingerprint density at radius 2 is 1.86 bits per heavy atom. The van der Waals surface area contributed by atoms with Crippen molar-refractivity contribution in [1.29, 1.82) is 0 Å². The van der Waals surface area contributed by atoms with Crippen molar-refractivity contribution in [3.63, 3.8) is 0 Å². The number of benzene rings is 1. The van der Waals surface area contributed by atoms with E-state index in [0.29, 0.717) is 4.88 Å². The number of hydrogen-bond donors (Lipinski definition) is 2. The highest BCUT2D eigenvalue weighted by atomic mass is 32.1. The van der Waals surface area contributed by atoms with Crippen molar-refractivity contribution in [3.8, 4) is 0 Å². The maximum atomic E-state index is 12.4. The molecular weight excluding hydrogens is 286 g/mol. The zero-order chi connectivity index (χ0) is 15.8. The zero-order valence-electron chi connectivity index (χ0n) is 12.6. The average molecular weight is 305 g/mol. The molecule has 0 aliphatic heterocycles. The molecule has 0 spiro atoms. The zero-order valence-corrected chi connectivity index (χ0v) is 13.4. The number of thiophene rings is 1.